The van der Waals surface area contributed by atoms with E-state index >= 15 is 0 Å². The minimum atomic E-state index is -3.33. The highest BCUT2D eigenvalue weighted by Crippen LogP contribution is 2.41. The zero-order valence-electron chi connectivity index (χ0n) is 20.9. The van der Waals surface area contributed by atoms with Crippen LogP contribution in [0.25, 0.3) is 5.57 Å². The summed E-state index contributed by atoms with van der Waals surface area (Å²) in [6.45, 7) is 4.42. The van der Waals surface area contributed by atoms with Crippen molar-refractivity contribution in [3.63, 3.8) is 0 Å². The molecule has 0 bridgehead atoms. The van der Waals surface area contributed by atoms with Gasteiger partial charge in [-0.05, 0) is 43.8 Å². The Kier molecular flexibility index (Phi) is 8.77. The number of fused-ring (bicyclic) bond motifs is 1. The molecule has 3 rings (SSSR count). The third-order valence-electron chi connectivity index (χ3n) is 5.89. The van der Waals surface area contributed by atoms with Crippen LogP contribution < -0.4 is 5.32 Å². The monoisotopic (exact) mass is 511 g/mol. The number of hydrogen-bond acceptors (Lipinski definition) is 6. The fraction of sp³-hybridized carbons (Fsp3) is 0.370. The van der Waals surface area contributed by atoms with Crippen LogP contribution >= 0.6 is 11.3 Å². The zero-order valence-corrected chi connectivity index (χ0v) is 21.8. The van der Waals surface area contributed by atoms with Gasteiger partial charge in [-0.25, -0.2) is 0 Å². The Bertz CT molecular complexity index is 1220. The minimum Gasteiger partial charge on any atom is -0.391 e. The van der Waals surface area contributed by atoms with Gasteiger partial charge in [0.15, 0.2) is 0 Å². The molecule has 0 aliphatic carbocycles. The van der Waals surface area contributed by atoms with Crippen LogP contribution in [0.5, 0.6) is 0 Å². The summed E-state index contributed by atoms with van der Waals surface area (Å²) in [4.78, 5) is 18.2. The Morgan fingerprint density at radius 3 is 2.72 bits per heavy atom. The van der Waals surface area contributed by atoms with Crippen molar-refractivity contribution in [1.82, 2.24) is 15.1 Å². The molecule has 9 heteroatoms. The molecule has 6 nitrogen and oxygen atoms in total. The molecule has 0 fully saturated rings. The van der Waals surface area contributed by atoms with E-state index in [0.717, 1.165) is 22.9 Å². The summed E-state index contributed by atoms with van der Waals surface area (Å²) in [7, 11) is 3.83. The summed E-state index contributed by atoms with van der Waals surface area (Å²) in [6, 6.07) is 11.2. The Balaban J connectivity index is 2.10. The van der Waals surface area contributed by atoms with Crippen LogP contribution in [-0.4, -0.2) is 61.1 Å². The quantitative estimate of drug-likeness (QED) is 0.373. The minimum absolute atomic E-state index is 0.103. The number of rotatable bonds is 9. The highest BCUT2D eigenvalue weighted by molar-refractivity contribution is 7.12. The number of hydrogen-bond donors (Lipinski definition) is 2. The Hall–Kier alpha value is -3.35. The molecule has 2 aromatic rings. The number of likely N-dealkylation sites (N-methyl/N-ethyl adjacent to an activating group) is 1. The Morgan fingerprint density at radius 1 is 1.36 bits per heavy atom. The van der Waals surface area contributed by atoms with E-state index < -0.39 is 11.6 Å². The van der Waals surface area contributed by atoms with Gasteiger partial charge in [0, 0.05) is 55.2 Å². The first-order valence-corrected chi connectivity index (χ1v) is 12.5. The maximum absolute atomic E-state index is 14.3. The third kappa shape index (κ3) is 6.25. The molecular weight excluding hydrogens is 480 g/mol. The SMILES string of the molecule is CCN/C=C(\C(=N)C(C)(F)F)c1ccccc1[C@@H]1CN(C(=O)/C=C/CN(C)C)Cc2sc(C#N)cc21. The van der Waals surface area contributed by atoms with E-state index in [-0.39, 0.29) is 17.4 Å². The second-order valence-corrected chi connectivity index (χ2v) is 10.1. The lowest BCUT2D eigenvalue weighted by Crippen LogP contribution is -2.37. The first-order chi connectivity index (χ1) is 17.1. The molecule has 0 unspecified atom stereocenters. The van der Waals surface area contributed by atoms with E-state index in [0.29, 0.717) is 36.6 Å². The van der Waals surface area contributed by atoms with Crippen molar-refractivity contribution < 1.29 is 13.6 Å². The molecule has 2 N–H and O–H groups in total. The topological polar surface area (TPSA) is 83.2 Å². The van der Waals surface area contributed by atoms with Crippen molar-refractivity contribution in [2.75, 3.05) is 33.7 Å². The summed E-state index contributed by atoms with van der Waals surface area (Å²) in [6.07, 6.45) is 4.82. The first kappa shape index (κ1) is 27.2. The average Bonchev–Trinajstić information content (AvgIpc) is 3.26. The van der Waals surface area contributed by atoms with Gasteiger partial charge in [0.25, 0.3) is 5.92 Å². The van der Waals surface area contributed by atoms with Gasteiger partial charge in [0.05, 0.1) is 6.54 Å². The lowest BCUT2D eigenvalue weighted by Gasteiger charge is -2.34. The van der Waals surface area contributed by atoms with Gasteiger partial charge in [-0.1, -0.05) is 30.3 Å². The van der Waals surface area contributed by atoms with Crippen molar-refractivity contribution in [3.8, 4) is 6.07 Å². The number of carbonyl (C=O) groups is 1. The number of nitriles is 1. The lowest BCUT2D eigenvalue weighted by atomic mass is 9.82. The van der Waals surface area contributed by atoms with Crippen LogP contribution in [0.2, 0.25) is 0 Å². The van der Waals surface area contributed by atoms with E-state index in [1.807, 2.05) is 44.1 Å². The molecular formula is C27H31F2N5OS. The number of thiophene rings is 1. The van der Waals surface area contributed by atoms with Gasteiger partial charge >= 0.3 is 0 Å². The molecule has 1 aromatic carbocycles. The van der Waals surface area contributed by atoms with Gasteiger partial charge in [-0.3, -0.25) is 10.2 Å². The van der Waals surface area contributed by atoms with Crippen molar-refractivity contribution in [2.45, 2.75) is 32.2 Å². The average molecular weight is 512 g/mol. The van der Waals surface area contributed by atoms with E-state index in [4.69, 9.17) is 5.41 Å². The van der Waals surface area contributed by atoms with Crippen LogP contribution in [0.4, 0.5) is 8.78 Å². The fourth-order valence-electron chi connectivity index (χ4n) is 4.15. The molecule has 0 radical (unpaired) electrons. The predicted molar refractivity (Wildman–Crippen MR) is 140 cm³/mol. The number of allylic oxidation sites excluding steroid dienone is 1. The number of benzene rings is 1. The normalized spacial score (nSPS) is 16.2. The van der Waals surface area contributed by atoms with Crippen LogP contribution in [0, 0.1) is 16.7 Å². The number of alkyl halides is 2. The van der Waals surface area contributed by atoms with E-state index in [9.17, 15) is 18.8 Å². The summed E-state index contributed by atoms with van der Waals surface area (Å²) in [5.41, 5.74) is 1.47. The molecule has 0 saturated heterocycles. The van der Waals surface area contributed by atoms with Gasteiger partial charge < -0.3 is 15.1 Å². The number of halogens is 2. The molecule has 36 heavy (non-hydrogen) atoms. The van der Waals surface area contributed by atoms with Crippen LogP contribution in [-0.2, 0) is 11.3 Å². The lowest BCUT2D eigenvalue weighted by molar-refractivity contribution is -0.127. The largest absolute Gasteiger partial charge is 0.391 e. The number of amides is 1. The number of carbonyl (C=O) groups excluding carboxylic acids is 1. The number of nitrogens with one attached hydrogen (secondary N) is 2. The van der Waals surface area contributed by atoms with Gasteiger partial charge in [0.2, 0.25) is 5.91 Å². The fourth-order valence-corrected chi connectivity index (χ4v) is 5.18. The smallest absolute Gasteiger partial charge is 0.286 e. The summed E-state index contributed by atoms with van der Waals surface area (Å²) in [5.74, 6) is -3.81. The highest BCUT2D eigenvalue weighted by atomic mass is 32.1. The molecule has 1 aromatic heterocycles. The summed E-state index contributed by atoms with van der Waals surface area (Å²) >= 11 is 1.35. The Labute approximate surface area is 215 Å². The van der Waals surface area contributed by atoms with Crippen molar-refractivity contribution in [1.29, 1.82) is 10.7 Å². The van der Waals surface area contributed by atoms with Gasteiger partial charge in [-0.2, -0.15) is 14.0 Å². The van der Waals surface area contributed by atoms with Gasteiger partial charge in [0.1, 0.15) is 16.7 Å². The molecule has 0 spiro atoms. The number of nitrogens with zero attached hydrogens (tertiary/aromatic N) is 3. The second kappa shape index (κ2) is 11.6. The van der Waals surface area contributed by atoms with E-state index in [1.165, 1.54) is 17.5 Å². The third-order valence-corrected chi connectivity index (χ3v) is 6.93. The van der Waals surface area contributed by atoms with Crippen LogP contribution in [0.1, 0.15) is 46.2 Å². The summed E-state index contributed by atoms with van der Waals surface area (Å²) in [5, 5.41) is 20.7. The standard InChI is InChI=1S/C27H31F2N5OS/c1-5-32-15-22(26(31)27(2,28)29)19-9-6-7-10-20(19)23-16-34(25(35)11-8-12-33(3)4)17-24-21(23)13-18(14-30)36-24/h6-11,13,15,23,31-32H,5,12,16-17H2,1-4H3/b11-8+,22-15-,31-26?/t23-/m0/s1. The van der Waals surface area contributed by atoms with Gasteiger partial charge in [-0.15, -0.1) is 11.3 Å². The molecule has 1 aliphatic heterocycles. The van der Waals surface area contributed by atoms with Crippen molar-refractivity contribution >= 4 is 28.5 Å². The molecule has 1 aliphatic rings. The second-order valence-electron chi connectivity index (χ2n) is 9.00. The molecule has 190 valence electrons. The maximum Gasteiger partial charge on any atom is 0.286 e. The molecule has 1 amide bonds. The Morgan fingerprint density at radius 2 is 2.08 bits per heavy atom. The summed E-state index contributed by atoms with van der Waals surface area (Å²) < 4.78 is 28.6. The van der Waals surface area contributed by atoms with Crippen LogP contribution in [0.3, 0.4) is 0 Å². The van der Waals surface area contributed by atoms with Crippen LogP contribution in [0.15, 0.2) is 48.7 Å². The predicted octanol–water partition coefficient (Wildman–Crippen LogP) is 4.84. The zero-order chi connectivity index (χ0) is 26.5. The van der Waals surface area contributed by atoms with Crippen molar-refractivity contribution in [2.24, 2.45) is 0 Å². The molecule has 1 atom stereocenters. The highest BCUT2D eigenvalue weighted by Gasteiger charge is 2.35. The molecule has 2 heterocycles. The first-order valence-electron chi connectivity index (χ1n) is 11.7. The molecule has 0 saturated carbocycles. The van der Waals surface area contributed by atoms with E-state index in [1.54, 1.807) is 29.2 Å². The van der Waals surface area contributed by atoms with E-state index in [2.05, 4.69) is 11.4 Å². The maximum atomic E-state index is 14.3. The van der Waals surface area contributed by atoms with Crippen molar-refractivity contribution in [3.05, 3.63) is 75.1 Å².